The van der Waals surface area contributed by atoms with Crippen molar-refractivity contribution >= 4 is 5.91 Å². The van der Waals surface area contributed by atoms with Gasteiger partial charge in [0.2, 0.25) is 5.91 Å². The number of amides is 1. The van der Waals surface area contributed by atoms with Gasteiger partial charge in [-0.25, -0.2) is 0 Å². The van der Waals surface area contributed by atoms with E-state index in [0.29, 0.717) is 26.1 Å². The summed E-state index contributed by atoms with van der Waals surface area (Å²) >= 11 is 0. The van der Waals surface area contributed by atoms with E-state index in [-0.39, 0.29) is 11.8 Å². The summed E-state index contributed by atoms with van der Waals surface area (Å²) < 4.78 is 12.9. The molecule has 1 aliphatic rings. The Bertz CT molecular complexity index is 782. The van der Waals surface area contributed by atoms with Crippen LogP contribution in [0.1, 0.15) is 22.5 Å². The highest BCUT2D eigenvalue weighted by molar-refractivity contribution is 5.79. The lowest BCUT2D eigenvalue weighted by Gasteiger charge is -2.25. The van der Waals surface area contributed by atoms with Crippen LogP contribution in [0.25, 0.3) is 0 Å². The monoisotopic (exact) mass is 343 g/mol. The van der Waals surface area contributed by atoms with E-state index in [1.54, 1.807) is 7.11 Å². The van der Waals surface area contributed by atoms with E-state index in [1.165, 1.54) is 5.56 Å². The Morgan fingerprint density at radius 3 is 2.88 bits per heavy atom. The largest absolute Gasteiger partial charge is 0.497 e. The van der Waals surface area contributed by atoms with Crippen LogP contribution in [0.3, 0.4) is 0 Å². The maximum atomic E-state index is 12.5. The molecule has 0 aliphatic carbocycles. The number of hydrogen-bond donors (Lipinski definition) is 1. The second-order valence-electron chi connectivity index (χ2n) is 6.50. The smallest absolute Gasteiger partial charge is 0.226 e. The van der Waals surface area contributed by atoms with Crippen molar-refractivity contribution in [1.29, 1.82) is 0 Å². The van der Waals surface area contributed by atoms with Gasteiger partial charge in [-0.3, -0.25) is 9.48 Å². The molecule has 0 saturated carbocycles. The lowest BCUT2D eigenvalue weighted by molar-refractivity contribution is -0.126. The Labute approximate surface area is 148 Å². The second kappa shape index (κ2) is 7.17. The van der Waals surface area contributed by atoms with Gasteiger partial charge in [-0.1, -0.05) is 0 Å². The molecule has 6 nitrogen and oxygen atoms in total. The Balaban J connectivity index is 1.56. The van der Waals surface area contributed by atoms with Gasteiger partial charge in [0.1, 0.15) is 18.1 Å². The first-order valence-electron chi connectivity index (χ1n) is 8.57. The number of nitrogens with zero attached hydrogens (tertiary/aromatic N) is 2. The second-order valence-corrected chi connectivity index (χ2v) is 6.50. The van der Waals surface area contributed by atoms with Crippen molar-refractivity contribution in [2.45, 2.75) is 33.7 Å². The normalized spacial score (nSPS) is 16.1. The average molecular weight is 343 g/mol. The highest BCUT2D eigenvalue weighted by atomic mass is 16.5. The summed E-state index contributed by atoms with van der Waals surface area (Å²) in [6.45, 7) is 7.76. The van der Waals surface area contributed by atoms with E-state index in [9.17, 15) is 4.79 Å². The summed E-state index contributed by atoms with van der Waals surface area (Å²) in [6.07, 6.45) is 0.664. The van der Waals surface area contributed by atoms with Crippen LogP contribution in [0.2, 0.25) is 0 Å². The number of fused-ring (bicyclic) bond motifs is 1. The minimum Gasteiger partial charge on any atom is -0.497 e. The van der Waals surface area contributed by atoms with Gasteiger partial charge < -0.3 is 14.8 Å². The number of hydrogen-bond acceptors (Lipinski definition) is 4. The van der Waals surface area contributed by atoms with E-state index in [4.69, 9.17) is 9.47 Å². The third kappa shape index (κ3) is 3.62. The molecule has 2 aromatic rings. The number of ether oxygens (including phenoxy) is 2. The summed E-state index contributed by atoms with van der Waals surface area (Å²) in [7, 11) is 1.64. The van der Waals surface area contributed by atoms with Crippen LogP contribution in [0.5, 0.6) is 11.5 Å². The van der Waals surface area contributed by atoms with Crippen molar-refractivity contribution in [2.24, 2.45) is 5.92 Å². The molecule has 0 radical (unpaired) electrons. The van der Waals surface area contributed by atoms with Gasteiger partial charge in [0.25, 0.3) is 0 Å². The zero-order valence-corrected chi connectivity index (χ0v) is 15.3. The number of methoxy groups -OCH3 is 1. The molecule has 0 spiro atoms. The number of carbonyl (C=O) groups is 1. The molecule has 1 unspecified atom stereocenters. The van der Waals surface area contributed by atoms with Crippen molar-refractivity contribution in [3.05, 3.63) is 40.7 Å². The number of rotatable bonds is 5. The first-order chi connectivity index (χ1) is 12.0. The molecule has 1 atom stereocenters. The SMILES string of the molecule is COc1ccc2c(c1)CC(C(=O)NCCn1nc(C)c(C)c1C)CO2. The third-order valence-corrected chi connectivity index (χ3v) is 4.91. The molecule has 0 saturated heterocycles. The van der Waals surface area contributed by atoms with Crippen molar-refractivity contribution in [2.75, 3.05) is 20.3 Å². The Morgan fingerprint density at radius 2 is 2.20 bits per heavy atom. The zero-order chi connectivity index (χ0) is 18.0. The number of aromatic nitrogens is 2. The summed E-state index contributed by atoms with van der Waals surface area (Å²) in [5, 5.41) is 7.50. The average Bonchev–Trinajstić information content (AvgIpc) is 2.87. The van der Waals surface area contributed by atoms with Crippen LogP contribution in [0.15, 0.2) is 18.2 Å². The first kappa shape index (κ1) is 17.3. The highest BCUT2D eigenvalue weighted by Crippen LogP contribution is 2.30. The number of carbonyl (C=O) groups excluding carboxylic acids is 1. The van der Waals surface area contributed by atoms with Crippen LogP contribution in [0, 0.1) is 26.7 Å². The van der Waals surface area contributed by atoms with Gasteiger partial charge in [-0.15, -0.1) is 0 Å². The Kier molecular flexibility index (Phi) is 4.97. The van der Waals surface area contributed by atoms with Crippen molar-refractivity contribution in [1.82, 2.24) is 15.1 Å². The molecule has 1 aromatic heterocycles. The fourth-order valence-electron chi connectivity index (χ4n) is 3.10. The molecule has 0 bridgehead atoms. The molecule has 1 amide bonds. The molecule has 1 N–H and O–H groups in total. The lowest BCUT2D eigenvalue weighted by atomic mass is 9.96. The van der Waals surface area contributed by atoms with Crippen LogP contribution >= 0.6 is 0 Å². The van der Waals surface area contributed by atoms with E-state index >= 15 is 0 Å². The predicted octanol–water partition coefficient (Wildman–Crippen LogP) is 2.18. The predicted molar refractivity (Wildman–Crippen MR) is 95.1 cm³/mol. The quantitative estimate of drug-likeness (QED) is 0.904. The molecule has 1 aliphatic heterocycles. The van der Waals surface area contributed by atoms with Gasteiger partial charge >= 0.3 is 0 Å². The lowest BCUT2D eigenvalue weighted by Crippen LogP contribution is -2.38. The van der Waals surface area contributed by atoms with Gasteiger partial charge in [0.15, 0.2) is 0 Å². The molecule has 0 fully saturated rings. The van der Waals surface area contributed by atoms with Crippen LogP contribution in [-0.2, 0) is 17.8 Å². The Hall–Kier alpha value is -2.50. The van der Waals surface area contributed by atoms with Gasteiger partial charge in [-0.2, -0.15) is 5.10 Å². The molecular formula is C19H25N3O3. The fourth-order valence-corrected chi connectivity index (χ4v) is 3.10. The summed E-state index contributed by atoms with van der Waals surface area (Å²) in [6, 6.07) is 5.70. The summed E-state index contributed by atoms with van der Waals surface area (Å²) in [5.74, 6) is 1.46. The minimum absolute atomic E-state index is 0.0201. The van der Waals surface area contributed by atoms with Crippen LogP contribution in [-0.4, -0.2) is 35.9 Å². The van der Waals surface area contributed by atoms with Gasteiger partial charge in [0, 0.05) is 12.2 Å². The maximum absolute atomic E-state index is 12.5. The molecule has 2 heterocycles. The maximum Gasteiger partial charge on any atom is 0.226 e. The summed E-state index contributed by atoms with van der Waals surface area (Å²) in [5.41, 5.74) is 4.40. The topological polar surface area (TPSA) is 65.4 Å². The summed E-state index contributed by atoms with van der Waals surface area (Å²) in [4.78, 5) is 12.5. The van der Waals surface area contributed by atoms with E-state index < -0.39 is 0 Å². The van der Waals surface area contributed by atoms with Crippen LogP contribution < -0.4 is 14.8 Å². The molecule has 25 heavy (non-hydrogen) atoms. The van der Waals surface area contributed by atoms with E-state index in [2.05, 4.69) is 24.3 Å². The third-order valence-electron chi connectivity index (χ3n) is 4.91. The molecule has 3 rings (SSSR count). The van der Waals surface area contributed by atoms with E-state index in [1.807, 2.05) is 29.8 Å². The van der Waals surface area contributed by atoms with Crippen molar-refractivity contribution in [3.63, 3.8) is 0 Å². The Morgan fingerprint density at radius 1 is 1.40 bits per heavy atom. The highest BCUT2D eigenvalue weighted by Gasteiger charge is 2.26. The van der Waals surface area contributed by atoms with Crippen LogP contribution in [0.4, 0.5) is 0 Å². The van der Waals surface area contributed by atoms with Crippen molar-refractivity contribution < 1.29 is 14.3 Å². The number of nitrogens with one attached hydrogen (secondary N) is 1. The fraction of sp³-hybridized carbons (Fsp3) is 0.474. The first-order valence-corrected chi connectivity index (χ1v) is 8.57. The molecular weight excluding hydrogens is 318 g/mol. The molecule has 6 heteroatoms. The standard InChI is InChI=1S/C19H25N3O3/c1-12-13(2)21-22(14(12)3)8-7-20-19(23)16-9-15-10-17(24-4)5-6-18(15)25-11-16/h5-6,10,16H,7-9,11H2,1-4H3,(H,20,23). The van der Waals surface area contributed by atoms with Crippen molar-refractivity contribution in [3.8, 4) is 11.5 Å². The van der Waals surface area contributed by atoms with Gasteiger partial charge in [0.05, 0.1) is 25.3 Å². The number of benzene rings is 1. The zero-order valence-electron chi connectivity index (χ0n) is 15.3. The van der Waals surface area contributed by atoms with E-state index in [0.717, 1.165) is 28.5 Å². The number of aryl methyl sites for hydroxylation is 1. The molecule has 134 valence electrons. The minimum atomic E-state index is -0.179. The van der Waals surface area contributed by atoms with Gasteiger partial charge in [-0.05, 0) is 56.5 Å². The molecule has 1 aromatic carbocycles.